The Labute approximate surface area is 137 Å². The first-order chi connectivity index (χ1) is 11.2. The van der Waals surface area contributed by atoms with Gasteiger partial charge in [-0.1, -0.05) is 48.0 Å². The van der Waals surface area contributed by atoms with Crippen LogP contribution in [0.25, 0.3) is 0 Å². The van der Waals surface area contributed by atoms with E-state index in [2.05, 4.69) is 41.2 Å². The predicted octanol–water partition coefficient (Wildman–Crippen LogP) is 3.29. The number of rotatable bonds is 4. The lowest BCUT2D eigenvalue weighted by Crippen LogP contribution is -2.43. The summed E-state index contributed by atoms with van der Waals surface area (Å²) >= 11 is 0. The smallest absolute Gasteiger partial charge is 0.132 e. The van der Waals surface area contributed by atoms with Gasteiger partial charge < -0.3 is 0 Å². The van der Waals surface area contributed by atoms with Gasteiger partial charge in [-0.2, -0.15) is 5.10 Å². The van der Waals surface area contributed by atoms with Crippen molar-refractivity contribution in [3.8, 4) is 0 Å². The summed E-state index contributed by atoms with van der Waals surface area (Å²) in [6.45, 7) is 6.78. The molecule has 0 aromatic heterocycles. The molecule has 0 radical (unpaired) electrons. The van der Waals surface area contributed by atoms with E-state index in [0.717, 1.165) is 32.7 Å². The van der Waals surface area contributed by atoms with E-state index in [4.69, 9.17) is 0 Å². The van der Waals surface area contributed by atoms with E-state index in [9.17, 15) is 4.39 Å². The minimum Gasteiger partial charge on any atom is -0.295 e. The molecule has 3 rings (SSSR count). The van der Waals surface area contributed by atoms with Crippen LogP contribution in [0.2, 0.25) is 0 Å². The van der Waals surface area contributed by atoms with Crippen LogP contribution in [0, 0.1) is 12.7 Å². The maximum absolute atomic E-state index is 13.6. The van der Waals surface area contributed by atoms with Crippen molar-refractivity contribution in [2.45, 2.75) is 13.5 Å². The van der Waals surface area contributed by atoms with Gasteiger partial charge in [-0.3, -0.25) is 9.91 Å². The SMILES string of the molecule is Cc1ccc(CN2CCN(/N=C/c3ccccc3F)CC2)cc1. The van der Waals surface area contributed by atoms with Crippen LogP contribution in [0.4, 0.5) is 4.39 Å². The first kappa shape index (κ1) is 15.7. The molecule has 1 fully saturated rings. The molecule has 0 amide bonds. The zero-order valence-electron chi connectivity index (χ0n) is 13.5. The van der Waals surface area contributed by atoms with Gasteiger partial charge in [0.15, 0.2) is 0 Å². The molecule has 0 aliphatic carbocycles. The summed E-state index contributed by atoms with van der Waals surface area (Å²) in [5, 5.41) is 6.42. The number of nitrogens with zero attached hydrogens (tertiary/aromatic N) is 3. The quantitative estimate of drug-likeness (QED) is 0.807. The van der Waals surface area contributed by atoms with Crippen molar-refractivity contribution in [2.24, 2.45) is 5.10 Å². The van der Waals surface area contributed by atoms with Gasteiger partial charge in [-0.25, -0.2) is 4.39 Å². The number of hydrogen-bond donors (Lipinski definition) is 0. The van der Waals surface area contributed by atoms with Crippen LogP contribution in [0.5, 0.6) is 0 Å². The van der Waals surface area contributed by atoms with E-state index in [1.807, 2.05) is 11.1 Å². The standard InChI is InChI=1S/C19H22FN3/c1-16-6-8-17(9-7-16)15-22-10-12-23(13-11-22)21-14-18-4-2-3-5-19(18)20/h2-9,14H,10-13,15H2,1H3/b21-14+. The molecule has 0 saturated carbocycles. The molecule has 3 nitrogen and oxygen atoms in total. The van der Waals surface area contributed by atoms with E-state index >= 15 is 0 Å². The molecule has 1 heterocycles. The second-order valence-corrected chi connectivity index (χ2v) is 5.98. The topological polar surface area (TPSA) is 18.8 Å². The molecule has 0 N–H and O–H groups in total. The number of aryl methyl sites for hydroxylation is 1. The molecule has 1 aliphatic heterocycles. The summed E-state index contributed by atoms with van der Waals surface area (Å²) in [6, 6.07) is 15.4. The maximum atomic E-state index is 13.6. The molecule has 23 heavy (non-hydrogen) atoms. The van der Waals surface area contributed by atoms with E-state index in [0.29, 0.717) is 5.56 Å². The Balaban J connectivity index is 1.50. The van der Waals surface area contributed by atoms with Gasteiger partial charge in [-0.05, 0) is 18.6 Å². The fourth-order valence-corrected chi connectivity index (χ4v) is 2.69. The lowest BCUT2D eigenvalue weighted by atomic mass is 10.1. The van der Waals surface area contributed by atoms with Gasteiger partial charge in [-0.15, -0.1) is 0 Å². The molecule has 0 atom stereocenters. The van der Waals surface area contributed by atoms with Crippen LogP contribution in [0.15, 0.2) is 53.6 Å². The third kappa shape index (κ3) is 4.39. The third-order valence-electron chi connectivity index (χ3n) is 4.14. The second-order valence-electron chi connectivity index (χ2n) is 5.98. The molecule has 4 heteroatoms. The van der Waals surface area contributed by atoms with Gasteiger partial charge in [0.25, 0.3) is 0 Å². The maximum Gasteiger partial charge on any atom is 0.132 e. The minimum atomic E-state index is -0.228. The molecule has 1 aliphatic rings. The monoisotopic (exact) mass is 311 g/mol. The van der Waals surface area contributed by atoms with Crippen LogP contribution in [0.3, 0.4) is 0 Å². The Morgan fingerprint density at radius 3 is 2.39 bits per heavy atom. The summed E-state index contributed by atoms with van der Waals surface area (Å²) in [4.78, 5) is 2.43. The van der Waals surface area contributed by atoms with E-state index in [-0.39, 0.29) is 5.82 Å². The van der Waals surface area contributed by atoms with Gasteiger partial charge in [0.05, 0.1) is 6.21 Å². The number of hydrazone groups is 1. The van der Waals surface area contributed by atoms with Crippen LogP contribution in [-0.4, -0.2) is 42.3 Å². The summed E-state index contributed by atoms with van der Waals surface area (Å²) in [5.74, 6) is -0.228. The van der Waals surface area contributed by atoms with Gasteiger partial charge in [0.1, 0.15) is 5.82 Å². The first-order valence-corrected chi connectivity index (χ1v) is 8.02. The van der Waals surface area contributed by atoms with Crippen LogP contribution in [0.1, 0.15) is 16.7 Å². The van der Waals surface area contributed by atoms with E-state index in [1.165, 1.54) is 17.2 Å². The zero-order valence-corrected chi connectivity index (χ0v) is 13.5. The summed E-state index contributed by atoms with van der Waals surface area (Å²) in [5.41, 5.74) is 3.18. The number of piperazine rings is 1. The minimum absolute atomic E-state index is 0.228. The molecule has 2 aromatic rings. The van der Waals surface area contributed by atoms with Crippen molar-refractivity contribution in [2.75, 3.05) is 26.2 Å². The average molecular weight is 311 g/mol. The Kier molecular flexibility index (Phi) is 5.03. The molecule has 2 aromatic carbocycles. The third-order valence-corrected chi connectivity index (χ3v) is 4.14. The highest BCUT2D eigenvalue weighted by molar-refractivity contribution is 5.79. The second kappa shape index (κ2) is 7.38. The highest BCUT2D eigenvalue weighted by Crippen LogP contribution is 2.10. The van der Waals surface area contributed by atoms with Crippen molar-refractivity contribution in [1.82, 2.24) is 9.91 Å². The van der Waals surface area contributed by atoms with Gasteiger partial charge >= 0.3 is 0 Å². The Morgan fingerprint density at radius 2 is 1.70 bits per heavy atom. The van der Waals surface area contributed by atoms with Crippen molar-refractivity contribution < 1.29 is 4.39 Å². The van der Waals surface area contributed by atoms with Gasteiger partial charge in [0.2, 0.25) is 0 Å². The van der Waals surface area contributed by atoms with Crippen molar-refractivity contribution >= 4 is 6.21 Å². The molecule has 1 saturated heterocycles. The zero-order chi connectivity index (χ0) is 16.1. The van der Waals surface area contributed by atoms with Crippen LogP contribution in [-0.2, 0) is 6.54 Å². The van der Waals surface area contributed by atoms with Gasteiger partial charge in [0, 0.05) is 38.3 Å². The lowest BCUT2D eigenvalue weighted by molar-refractivity contribution is 0.131. The molecule has 120 valence electrons. The molecular weight excluding hydrogens is 289 g/mol. The fraction of sp³-hybridized carbons (Fsp3) is 0.316. The first-order valence-electron chi connectivity index (χ1n) is 8.02. The summed E-state index contributed by atoms with van der Waals surface area (Å²) < 4.78 is 13.6. The Morgan fingerprint density at radius 1 is 1.00 bits per heavy atom. The van der Waals surface area contributed by atoms with Crippen molar-refractivity contribution in [3.63, 3.8) is 0 Å². The molecule has 0 bridgehead atoms. The van der Waals surface area contributed by atoms with E-state index in [1.54, 1.807) is 18.3 Å². The molecular formula is C19H22FN3. The molecule has 0 spiro atoms. The summed E-state index contributed by atoms with van der Waals surface area (Å²) in [6.07, 6.45) is 1.62. The number of halogens is 1. The normalized spacial score (nSPS) is 16.2. The fourth-order valence-electron chi connectivity index (χ4n) is 2.69. The number of hydrogen-bond acceptors (Lipinski definition) is 3. The Bertz CT molecular complexity index is 659. The van der Waals surface area contributed by atoms with Crippen LogP contribution < -0.4 is 0 Å². The van der Waals surface area contributed by atoms with Crippen LogP contribution >= 0.6 is 0 Å². The van der Waals surface area contributed by atoms with Crippen molar-refractivity contribution in [3.05, 3.63) is 71.0 Å². The Hall–Kier alpha value is -2.20. The van der Waals surface area contributed by atoms with Crippen molar-refractivity contribution in [1.29, 1.82) is 0 Å². The lowest BCUT2D eigenvalue weighted by Gasteiger charge is -2.33. The number of benzene rings is 2. The predicted molar refractivity (Wildman–Crippen MR) is 92.0 cm³/mol. The average Bonchev–Trinajstić information content (AvgIpc) is 2.58. The highest BCUT2D eigenvalue weighted by Gasteiger charge is 2.15. The summed E-state index contributed by atoms with van der Waals surface area (Å²) in [7, 11) is 0. The molecule has 0 unspecified atom stereocenters. The highest BCUT2D eigenvalue weighted by atomic mass is 19.1. The largest absolute Gasteiger partial charge is 0.295 e. The van der Waals surface area contributed by atoms with E-state index < -0.39 is 0 Å².